The van der Waals surface area contributed by atoms with Gasteiger partial charge in [0.15, 0.2) is 0 Å². The van der Waals surface area contributed by atoms with Crippen LogP contribution in [0.2, 0.25) is 0 Å². The number of ether oxygens (including phenoxy) is 1. The third kappa shape index (κ3) is 14.0. The topological polar surface area (TPSA) is 18.5 Å². The molecule has 0 aliphatic heterocycles. The Bertz CT molecular complexity index is 373. The zero-order valence-corrected chi connectivity index (χ0v) is 13.7. The fourth-order valence-corrected chi connectivity index (χ4v) is 1.89. The predicted octanol–water partition coefficient (Wildman–Crippen LogP) is 5.29. The van der Waals surface area contributed by atoms with Gasteiger partial charge in [0, 0.05) is 0 Å². The van der Waals surface area contributed by atoms with Crippen LogP contribution in [0.4, 0.5) is 0 Å². The van der Waals surface area contributed by atoms with Crippen molar-refractivity contribution in [1.29, 1.82) is 0 Å². The van der Waals surface area contributed by atoms with Gasteiger partial charge in [-0.1, -0.05) is 5.92 Å². The molecule has 0 spiro atoms. The Morgan fingerprint density at radius 2 is 2.00 bits per heavy atom. The van der Waals surface area contributed by atoms with Crippen molar-refractivity contribution in [3.63, 3.8) is 0 Å². The molecule has 0 aromatic heterocycles. The van der Waals surface area contributed by atoms with Gasteiger partial charge in [0.2, 0.25) is 0 Å². The van der Waals surface area contributed by atoms with Crippen molar-refractivity contribution < 1.29 is 9.26 Å². The molecular formula is C15H23O2P2+. The summed E-state index contributed by atoms with van der Waals surface area (Å²) in [6.45, 7) is 6.11. The van der Waals surface area contributed by atoms with Crippen molar-refractivity contribution in [2.75, 3.05) is 19.8 Å². The van der Waals surface area contributed by atoms with Gasteiger partial charge in [0.25, 0.3) is 0 Å². The van der Waals surface area contributed by atoms with Crippen molar-refractivity contribution in [1.82, 2.24) is 0 Å². The molecule has 0 heterocycles. The van der Waals surface area contributed by atoms with E-state index in [0.717, 1.165) is 32.3 Å². The fraction of sp³-hybridized carbons (Fsp3) is 0.600. The molecule has 104 valence electrons. The van der Waals surface area contributed by atoms with Crippen molar-refractivity contribution >= 4 is 16.3 Å². The van der Waals surface area contributed by atoms with Gasteiger partial charge in [0.1, 0.15) is 6.61 Å². The zero-order chi connectivity index (χ0) is 14.3. The monoisotopic (exact) mass is 297 g/mol. The molecule has 19 heavy (non-hydrogen) atoms. The third-order valence-corrected chi connectivity index (χ3v) is 3.25. The molecule has 0 rings (SSSR count). The minimum atomic E-state index is 0.417. The molecular weight excluding hydrogens is 274 g/mol. The first-order valence-corrected chi connectivity index (χ1v) is 8.46. The van der Waals surface area contributed by atoms with Crippen LogP contribution in [0.1, 0.15) is 39.5 Å². The minimum absolute atomic E-state index is 0.417. The first-order valence-electron chi connectivity index (χ1n) is 6.49. The predicted molar refractivity (Wildman–Crippen MR) is 85.4 cm³/mol. The van der Waals surface area contributed by atoms with Crippen molar-refractivity contribution in [2.24, 2.45) is 0 Å². The van der Waals surface area contributed by atoms with Gasteiger partial charge >= 0.3 is 102 Å². The number of terminal acetylenes is 1. The molecule has 0 atom stereocenters. The van der Waals surface area contributed by atoms with Gasteiger partial charge in [-0.3, -0.25) is 0 Å². The molecule has 0 fully saturated rings. The summed E-state index contributed by atoms with van der Waals surface area (Å²) < 4.78 is 10.4. The first kappa shape index (κ1) is 18.8. The molecule has 0 aromatic rings. The van der Waals surface area contributed by atoms with Crippen molar-refractivity contribution in [2.45, 2.75) is 39.5 Å². The average Bonchev–Trinajstić information content (AvgIpc) is 2.39. The Labute approximate surface area is 121 Å². The van der Waals surface area contributed by atoms with E-state index in [2.05, 4.69) is 40.3 Å². The molecule has 0 saturated heterocycles. The molecule has 0 unspecified atom stereocenters. The van der Waals surface area contributed by atoms with Crippen LogP contribution in [0.15, 0.2) is 23.3 Å². The Morgan fingerprint density at radius 1 is 1.26 bits per heavy atom. The van der Waals surface area contributed by atoms with E-state index in [0.29, 0.717) is 21.1 Å². The van der Waals surface area contributed by atoms with E-state index in [9.17, 15) is 0 Å². The Kier molecular flexibility index (Phi) is 14.1. The summed E-state index contributed by atoms with van der Waals surface area (Å²) in [5, 5.41) is 0. The fourth-order valence-electron chi connectivity index (χ4n) is 1.55. The molecule has 0 amide bonds. The van der Waals surface area contributed by atoms with Crippen LogP contribution >= 0.6 is 16.3 Å². The first-order chi connectivity index (χ1) is 9.20. The van der Waals surface area contributed by atoms with E-state index in [1.54, 1.807) is 0 Å². The maximum atomic E-state index is 5.24. The summed E-state index contributed by atoms with van der Waals surface area (Å²) in [5.74, 6) is 2.46. The molecule has 0 aliphatic carbocycles. The Hall–Kier alpha value is -0.180. The third-order valence-electron chi connectivity index (χ3n) is 2.64. The van der Waals surface area contributed by atoms with Gasteiger partial charge in [-0.25, -0.2) is 0 Å². The summed E-state index contributed by atoms with van der Waals surface area (Å²) in [4.78, 5) is 0. The van der Waals surface area contributed by atoms with Crippen LogP contribution in [0.25, 0.3) is 0 Å². The molecule has 0 aromatic carbocycles. The molecule has 0 bridgehead atoms. The van der Waals surface area contributed by atoms with E-state index in [-0.39, 0.29) is 0 Å². The van der Waals surface area contributed by atoms with Crippen molar-refractivity contribution in [3.05, 3.63) is 23.3 Å². The van der Waals surface area contributed by atoms with Crippen molar-refractivity contribution in [3.8, 4) is 12.3 Å². The normalized spacial score (nSPS) is 12.2. The van der Waals surface area contributed by atoms with Crippen LogP contribution in [-0.4, -0.2) is 19.8 Å². The van der Waals surface area contributed by atoms with Crippen LogP contribution in [0.5, 0.6) is 0 Å². The Balaban J connectivity index is 3.66. The van der Waals surface area contributed by atoms with Crippen LogP contribution in [0.3, 0.4) is 0 Å². The second-order valence-electron chi connectivity index (χ2n) is 4.38. The van der Waals surface area contributed by atoms with Gasteiger partial charge in [-0.15, -0.1) is 6.42 Å². The zero-order valence-electron chi connectivity index (χ0n) is 11.9. The molecule has 0 aliphatic rings. The maximum absolute atomic E-state index is 5.24. The van der Waals surface area contributed by atoms with E-state index in [1.807, 2.05) is 0 Å². The van der Waals surface area contributed by atoms with Gasteiger partial charge in [-0.2, -0.15) is 0 Å². The molecule has 2 nitrogen and oxygen atoms in total. The van der Waals surface area contributed by atoms with Crippen LogP contribution < -0.4 is 0 Å². The molecule has 4 heteroatoms. The van der Waals surface area contributed by atoms with E-state index < -0.39 is 0 Å². The Morgan fingerprint density at radius 3 is 2.68 bits per heavy atom. The summed E-state index contributed by atoms with van der Waals surface area (Å²) >= 11 is 0. The average molecular weight is 297 g/mol. The van der Waals surface area contributed by atoms with Crippen LogP contribution in [0, 0.1) is 12.3 Å². The quantitative estimate of drug-likeness (QED) is 0.236. The van der Waals surface area contributed by atoms with Gasteiger partial charge in [-0.05, 0) is 0 Å². The second kappa shape index (κ2) is 14.2. The molecule has 0 radical (unpaired) electrons. The summed E-state index contributed by atoms with van der Waals surface area (Å²) in [5.41, 5.74) is 2.78. The summed E-state index contributed by atoms with van der Waals surface area (Å²) in [6, 6.07) is 0. The van der Waals surface area contributed by atoms with Gasteiger partial charge < -0.3 is 0 Å². The number of hydrogen-bond acceptors (Lipinski definition) is 2. The van der Waals surface area contributed by atoms with E-state index in [1.165, 1.54) is 11.1 Å². The molecule has 0 N–H and O–H groups in total. The summed E-state index contributed by atoms with van der Waals surface area (Å²) in [7, 11) is 4.65. The standard InChI is InChI=1S/C15H23O2P2/c1-4-11-16-12-6-9-14(2)7-5-8-15(3)10-13-17-19-18/h1,7,10H,5-6,8-9,11-13H2,2-3H3/q+1/b14-7+,15-10+. The number of allylic oxidation sites excluding steroid dienone is 3. The number of hydrogen-bond donors (Lipinski definition) is 0. The second-order valence-corrected chi connectivity index (χ2v) is 5.29. The number of rotatable bonds is 10. The van der Waals surface area contributed by atoms with E-state index in [4.69, 9.17) is 15.7 Å². The molecule has 0 saturated carbocycles. The van der Waals surface area contributed by atoms with Gasteiger partial charge in [0.05, 0.1) is 0 Å². The summed E-state index contributed by atoms with van der Waals surface area (Å²) in [6.07, 6.45) is 13.8. The SMILES string of the molecule is C#CCOCCC/C(C)=C/CC/C(C)=C/CO[P+]#P. The van der Waals surface area contributed by atoms with Crippen LogP contribution in [-0.2, 0) is 9.26 Å². The van der Waals surface area contributed by atoms with E-state index >= 15 is 0 Å².